The van der Waals surface area contributed by atoms with E-state index in [0.29, 0.717) is 0 Å². The van der Waals surface area contributed by atoms with Gasteiger partial charge < -0.3 is 14.6 Å². The van der Waals surface area contributed by atoms with E-state index >= 15 is 0 Å². The maximum atomic E-state index is 9.72. The fourth-order valence-corrected chi connectivity index (χ4v) is 2.32. The summed E-state index contributed by atoms with van der Waals surface area (Å²) in [6.07, 6.45) is 0.963. The molecule has 0 radical (unpaired) electrons. The lowest BCUT2D eigenvalue weighted by molar-refractivity contribution is -0.264. The maximum Gasteiger partial charge on any atom is 0.184 e. The molecule has 1 aliphatic heterocycles. The third-order valence-corrected chi connectivity index (χ3v) is 3.17. The van der Waals surface area contributed by atoms with E-state index in [-0.39, 0.29) is 18.5 Å². The highest BCUT2D eigenvalue weighted by molar-refractivity contribution is 5.17. The molecule has 0 spiro atoms. The molecule has 2 unspecified atom stereocenters. The van der Waals surface area contributed by atoms with Crippen LogP contribution in [0.15, 0.2) is 30.3 Å². The number of rotatable bonds is 1. The van der Waals surface area contributed by atoms with Crippen molar-refractivity contribution >= 4 is 0 Å². The van der Waals surface area contributed by atoms with Crippen LogP contribution >= 0.6 is 0 Å². The Morgan fingerprint density at radius 3 is 2.20 bits per heavy atom. The summed E-state index contributed by atoms with van der Waals surface area (Å²) >= 11 is 0. The van der Waals surface area contributed by atoms with Crippen molar-refractivity contribution in [3.05, 3.63) is 35.9 Å². The smallest absolute Gasteiger partial charge is 0.184 e. The first-order valence-electron chi connectivity index (χ1n) is 5.38. The second kappa shape index (κ2) is 3.59. The molecule has 3 rings (SSSR count). The van der Waals surface area contributed by atoms with Gasteiger partial charge in [-0.25, -0.2) is 0 Å². The number of fused-ring (bicyclic) bond motifs is 2. The van der Waals surface area contributed by atoms with Crippen LogP contribution in [0.25, 0.3) is 0 Å². The average Bonchev–Trinajstić information content (AvgIpc) is 2.54. The highest BCUT2D eigenvalue weighted by Gasteiger charge is 2.43. The van der Waals surface area contributed by atoms with E-state index < -0.39 is 6.10 Å². The first-order valence-corrected chi connectivity index (χ1v) is 5.38. The fourth-order valence-electron chi connectivity index (χ4n) is 2.32. The van der Waals surface area contributed by atoms with Gasteiger partial charge in [0, 0.05) is 5.56 Å². The van der Waals surface area contributed by atoms with Gasteiger partial charge in [-0.3, -0.25) is 0 Å². The molecule has 15 heavy (non-hydrogen) atoms. The zero-order valence-corrected chi connectivity index (χ0v) is 8.37. The fraction of sp³-hybridized carbons (Fsp3) is 0.500. The molecule has 1 N–H and O–H groups in total. The van der Waals surface area contributed by atoms with E-state index in [1.165, 1.54) is 0 Å². The van der Waals surface area contributed by atoms with Gasteiger partial charge in [0.1, 0.15) is 6.10 Å². The molecule has 1 saturated heterocycles. The van der Waals surface area contributed by atoms with Crippen LogP contribution in [0.5, 0.6) is 0 Å². The minimum Gasteiger partial charge on any atom is -0.388 e. The molecular formula is C12H14O3. The number of hydrogen-bond acceptors (Lipinski definition) is 3. The molecule has 2 atom stereocenters. The Bertz CT molecular complexity index is 324. The van der Waals surface area contributed by atoms with Crippen molar-refractivity contribution in [2.45, 2.75) is 37.4 Å². The summed E-state index contributed by atoms with van der Waals surface area (Å²) in [6.45, 7) is 0. The van der Waals surface area contributed by atoms with E-state index in [1.54, 1.807) is 0 Å². The van der Waals surface area contributed by atoms with Crippen LogP contribution in [0.3, 0.4) is 0 Å². The van der Waals surface area contributed by atoms with Gasteiger partial charge in [0.15, 0.2) is 6.29 Å². The molecule has 1 aromatic carbocycles. The number of hydrogen-bond donors (Lipinski definition) is 1. The molecule has 1 aromatic rings. The summed E-state index contributed by atoms with van der Waals surface area (Å²) < 4.78 is 11.4. The first kappa shape index (κ1) is 9.33. The number of aliphatic hydroxyl groups is 1. The van der Waals surface area contributed by atoms with Gasteiger partial charge in [-0.15, -0.1) is 0 Å². The highest BCUT2D eigenvalue weighted by atomic mass is 16.7. The van der Waals surface area contributed by atoms with Crippen LogP contribution in [-0.2, 0) is 9.47 Å². The van der Waals surface area contributed by atoms with E-state index in [4.69, 9.17) is 9.47 Å². The second-order valence-electron chi connectivity index (χ2n) is 4.16. The Balaban J connectivity index is 1.81. The normalized spacial score (nSPS) is 39.3. The van der Waals surface area contributed by atoms with E-state index in [1.807, 2.05) is 30.3 Å². The predicted molar refractivity (Wildman–Crippen MR) is 54.2 cm³/mol. The van der Waals surface area contributed by atoms with Crippen molar-refractivity contribution in [3.8, 4) is 0 Å². The lowest BCUT2D eigenvalue weighted by Crippen LogP contribution is -2.40. The van der Waals surface area contributed by atoms with Crippen LogP contribution in [0.1, 0.15) is 24.7 Å². The Morgan fingerprint density at radius 1 is 1.00 bits per heavy atom. The molecule has 1 saturated carbocycles. The van der Waals surface area contributed by atoms with Gasteiger partial charge in [-0.2, -0.15) is 0 Å². The summed E-state index contributed by atoms with van der Waals surface area (Å²) in [5.41, 5.74) is 1.03. The maximum absolute atomic E-state index is 9.72. The van der Waals surface area contributed by atoms with Gasteiger partial charge in [-0.05, 0) is 12.8 Å². The van der Waals surface area contributed by atoms with Crippen molar-refractivity contribution < 1.29 is 14.6 Å². The molecular weight excluding hydrogens is 192 g/mol. The molecule has 1 aliphatic carbocycles. The molecule has 2 bridgehead atoms. The third-order valence-electron chi connectivity index (χ3n) is 3.17. The standard InChI is InChI=1S/C12H14O3/c13-11-9-6-7-10(11)15-12(14-9)8-4-2-1-3-5-8/h1-5,9-13H,6-7H2. The van der Waals surface area contributed by atoms with E-state index in [0.717, 1.165) is 18.4 Å². The SMILES string of the molecule is OC1C2CCC1OC(c1ccccc1)O2. The van der Waals surface area contributed by atoms with Crippen molar-refractivity contribution in [1.29, 1.82) is 0 Å². The van der Waals surface area contributed by atoms with Crippen LogP contribution in [0, 0.1) is 0 Å². The Morgan fingerprint density at radius 2 is 1.60 bits per heavy atom. The molecule has 2 aliphatic rings. The zero-order valence-electron chi connectivity index (χ0n) is 8.37. The number of ether oxygens (including phenoxy) is 2. The van der Waals surface area contributed by atoms with Gasteiger partial charge in [-0.1, -0.05) is 30.3 Å². The van der Waals surface area contributed by atoms with Gasteiger partial charge in [0.2, 0.25) is 0 Å². The minimum absolute atomic E-state index is 0.0473. The van der Waals surface area contributed by atoms with Gasteiger partial charge >= 0.3 is 0 Å². The average molecular weight is 206 g/mol. The number of aliphatic hydroxyl groups excluding tert-OH is 1. The lowest BCUT2D eigenvalue weighted by atomic mass is 10.1. The first-order chi connectivity index (χ1) is 7.34. The third kappa shape index (κ3) is 1.57. The van der Waals surface area contributed by atoms with E-state index in [2.05, 4.69) is 0 Å². The molecule has 0 aromatic heterocycles. The predicted octanol–water partition coefficient (Wildman–Crippen LogP) is 1.62. The van der Waals surface area contributed by atoms with Crippen molar-refractivity contribution in [2.24, 2.45) is 0 Å². The molecule has 3 heteroatoms. The van der Waals surface area contributed by atoms with Crippen molar-refractivity contribution in [1.82, 2.24) is 0 Å². The molecule has 0 amide bonds. The van der Waals surface area contributed by atoms with Crippen molar-refractivity contribution in [3.63, 3.8) is 0 Å². The summed E-state index contributed by atoms with van der Waals surface area (Å²) in [6, 6.07) is 9.88. The Kier molecular flexibility index (Phi) is 2.24. The van der Waals surface area contributed by atoms with Crippen molar-refractivity contribution in [2.75, 3.05) is 0 Å². The second-order valence-corrected chi connectivity index (χ2v) is 4.16. The van der Waals surface area contributed by atoms with Crippen LogP contribution < -0.4 is 0 Å². The van der Waals surface area contributed by atoms with E-state index in [9.17, 15) is 5.11 Å². The molecule has 2 fully saturated rings. The molecule has 80 valence electrons. The summed E-state index contributed by atoms with van der Waals surface area (Å²) in [7, 11) is 0. The van der Waals surface area contributed by atoms with Crippen LogP contribution in [0.2, 0.25) is 0 Å². The Labute approximate surface area is 88.6 Å². The monoisotopic (exact) mass is 206 g/mol. The van der Waals surface area contributed by atoms with Crippen LogP contribution in [0.4, 0.5) is 0 Å². The Hall–Kier alpha value is -0.900. The zero-order chi connectivity index (χ0) is 10.3. The lowest BCUT2D eigenvalue weighted by Gasteiger charge is -2.33. The largest absolute Gasteiger partial charge is 0.388 e. The van der Waals surface area contributed by atoms with Crippen LogP contribution in [-0.4, -0.2) is 23.4 Å². The summed E-state index contributed by atoms with van der Waals surface area (Å²) in [5, 5.41) is 9.72. The highest BCUT2D eigenvalue weighted by Crippen LogP contribution is 2.38. The topological polar surface area (TPSA) is 38.7 Å². The summed E-state index contributed by atoms with van der Waals surface area (Å²) in [4.78, 5) is 0. The van der Waals surface area contributed by atoms with Gasteiger partial charge in [0.05, 0.1) is 12.2 Å². The number of benzene rings is 1. The molecule has 1 heterocycles. The van der Waals surface area contributed by atoms with Gasteiger partial charge in [0.25, 0.3) is 0 Å². The summed E-state index contributed by atoms with van der Waals surface area (Å²) in [5.74, 6) is 0. The minimum atomic E-state index is -0.440. The molecule has 3 nitrogen and oxygen atoms in total. The quantitative estimate of drug-likeness (QED) is 0.759.